The number of amides is 3. The molecule has 1 aromatic carbocycles. The molecule has 3 amide bonds. The molecular formula is C27H29ClN8O5. The van der Waals surface area contributed by atoms with Gasteiger partial charge in [0.2, 0.25) is 11.8 Å². The van der Waals surface area contributed by atoms with E-state index in [-0.39, 0.29) is 60.3 Å². The largest absolute Gasteiger partial charge is 0.480 e. The lowest BCUT2D eigenvalue weighted by Gasteiger charge is -2.13. The molecule has 3 aromatic heterocycles. The molecule has 6 N–H and O–H groups in total. The Hall–Kier alpha value is -4.75. The third kappa shape index (κ3) is 6.88. The quantitative estimate of drug-likeness (QED) is 0.165. The summed E-state index contributed by atoms with van der Waals surface area (Å²) in [5.41, 5.74) is 8.30. The smallest absolute Gasteiger partial charge is 0.256 e. The standard InChI is InChI=1S/C27H29ClN8O5/c1-15(37)30-9-10-32-25(39)19-12-21(36-23(19)24(29)34-14-35-36)17-11-20(27(41-2)33-13-17)26(40)31-8-7-22(38)16-3-5-18(28)6-4-16/h3-6,11-14,22,38H,7-10H2,1-2H3,(H,30,37)(H,31,40)(H,32,39)(H2,29,34,35). The van der Waals surface area contributed by atoms with Gasteiger partial charge in [0.1, 0.15) is 17.4 Å². The molecule has 0 aliphatic carbocycles. The zero-order chi connectivity index (χ0) is 29.5. The van der Waals surface area contributed by atoms with E-state index in [4.69, 9.17) is 22.1 Å². The number of aliphatic hydroxyl groups excluding tert-OH is 1. The van der Waals surface area contributed by atoms with Crippen molar-refractivity contribution in [3.05, 3.63) is 70.6 Å². The number of hydrogen-bond acceptors (Lipinski definition) is 9. The summed E-state index contributed by atoms with van der Waals surface area (Å²) in [6.45, 7) is 2.01. The molecule has 0 aliphatic heterocycles. The predicted octanol–water partition coefficient (Wildman–Crippen LogP) is 1.75. The molecule has 1 atom stereocenters. The Balaban J connectivity index is 1.56. The first-order valence-electron chi connectivity index (χ1n) is 12.6. The minimum absolute atomic E-state index is 0.0805. The minimum Gasteiger partial charge on any atom is -0.480 e. The average Bonchev–Trinajstić information content (AvgIpc) is 3.36. The van der Waals surface area contributed by atoms with Crippen LogP contribution >= 0.6 is 11.6 Å². The molecule has 13 nitrogen and oxygen atoms in total. The van der Waals surface area contributed by atoms with Crippen molar-refractivity contribution < 1.29 is 24.2 Å². The van der Waals surface area contributed by atoms with Crippen LogP contribution in [-0.4, -0.2) is 69.2 Å². The van der Waals surface area contributed by atoms with Crippen LogP contribution in [0.2, 0.25) is 5.02 Å². The summed E-state index contributed by atoms with van der Waals surface area (Å²) in [6.07, 6.45) is 2.21. The number of aromatic nitrogens is 4. The number of fused-ring (bicyclic) bond motifs is 1. The number of nitrogens with zero attached hydrogens (tertiary/aromatic N) is 4. The van der Waals surface area contributed by atoms with Gasteiger partial charge in [-0.15, -0.1) is 0 Å². The fourth-order valence-corrected chi connectivity index (χ4v) is 4.27. The molecule has 0 aliphatic rings. The lowest BCUT2D eigenvalue weighted by molar-refractivity contribution is -0.118. The maximum absolute atomic E-state index is 13.1. The van der Waals surface area contributed by atoms with E-state index in [0.717, 1.165) is 0 Å². The number of benzene rings is 1. The van der Waals surface area contributed by atoms with E-state index in [9.17, 15) is 19.5 Å². The van der Waals surface area contributed by atoms with Crippen molar-refractivity contribution in [3.8, 4) is 17.1 Å². The van der Waals surface area contributed by atoms with Crippen LogP contribution in [0, 0.1) is 0 Å². The number of methoxy groups -OCH3 is 1. The molecule has 1 unspecified atom stereocenters. The number of nitrogens with one attached hydrogen (secondary N) is 3. The number of rotatable bonds is 11. The van der Waals surface area contributed by atoms with Gasteiger partial charge in [-0.1, -0.05) is 23.7 Å². The highest BCUT2D eigenvalue weighted by Gasteiger charge is 2.22. The third-order valence-corrected chi connectivity index (χ3v) is 6.41. The maximum atomic E-state index is 13.1. The van der Waals surface area contributed by atoms with E-state index in [1.54, 1.807) is 36.4 Å². The van der Waals surface area contributed by atoms with Crippen LogP contribution < -0.4 is 26.4 Å². The van der Waals surface area contributed by atoms with Gasteiger partial charge in [0.25, 0.3) is 11.8 Å². The molecule has 4 aromatic rings. The van der Waals surface area contributed by atoms with Crippen molar-refractivity contribution in [2.45, 2.75) is 19.4 Å². The predicted molar refractivity (Wildman–Crippen MR) is 152 cm³/mol. The zero-order valence-electron chi connectivity index (χ0n) is 22.3. The number of nitrogen functional groups attached to an aromatic ring is 1. The highest BCUT2D eigenvalue weighted by Crippen LogP contribution is 2.30. The van der Waals surface area contributed by atoms with Crippen LogP contribution in [0.3, 0.4) is 0 Å². The Morgan fingerprint density at radius 1 is 1.02 bits per heavy atom. The lowest BCUT2D eigenvalue weighted by atomic mass is 10.1. The third-order valence-electron chi connectivity index (χ3n) is 6.15. The monoisotopic (exact) mass is 580 g/mol. The van der Waals surface area contributed by atoms with E-state index in [1.807, 2.05) is 0 Å². The maximum Gasteiger partial charge on any atom is 0.256 e. The topological polar surface area (TPSA) is 186 Å². The second-order valence-corrected chi connectivity index (χ2v) is 9.42. The first kappa shape index (κ1) is 29.2. The van der Waals surface area contributed by atoms with Crippen molar-refractivity contribution in [1.29, 1.82) is 0 Å². The lowest BCUT2D eigenvalue weighted by Crippen LogP contribution is -2.33. The molecule has 14 heteroatoms. The summed E-state index contributed by atoms with van der Waals surface area (Å²) in [4.78, 5) is 45.5. The van der Waals surface area contributed by atoms with Gasteiger partial charge in [0.15, 0.2) is 5.82 Å². The highest BCUT2D eigenvalue weighted by molar-refractivity contribution is 6.30. The van der Waals surface area contributed by atoms with Gasteiger partial charge in [-0.05, 0) is 36.2 Å². The Bertz CT molecular complexity index is 1570. The van der Waals surface area contributed by atoms with Crippen molar-refractivity contribution >= 4 is 40.7 Å². The molecule has 0 bridgehead atoms. The van der Waals surface area contributed by atoms with Gasteiger partial charge in [-0.2, -0.15) is 5.10 Å². The average molecular weight is 581 g/mol. The van der Waals surface area contributed by atoms with Gasteiger partial charge in [-0.3, -0.25) is 14.4 Å². The van der Waals surface area contributed by atoms with Crippen molar-refractivity contribution in [2.24, 2.45) is 0 Å². The van der Waals surface area contributed by atoms with Crippen molar-refractivity contribution in [3.63, 3.8) is 0 Å². The number of carbonyl (C=O) groups is 3. The zero-order valence-corrected chi connectivity index (χ0v) is 23.1. The molecule has 0 radical (unpaired) electrons. The van der Waals surface area contributed by atoms with E-state index in [1.165, 1.54) is 31.1 Å². The number of anilines is 1. The molecule has 0 spiro atoms. The molecule has 0 saturated carbocycles. The summed E-state index contributed by atoms with van der Waals surface area (Å²) in [5, 5.41) is 23.4. The number of ether oxygens (including phenoxy) is 1. The number of pyridine rings is 1. The molecule has 41 heavy (non-hydrogen) atoms. The molecule has 214 valence electrons. The van der Waals surface area contributed by atoms with E-state index in [2.05, 4.69) is 31.0 Å². The Labute approximate surface area is 240 Å². The van der Waals surface area contributed by atoms with Gasteiger partial charge in [0, 0.05) is 43.3 Å². The Kier molecular flexibility index (Phi) is 9.32. The summed E-state index contributed by atoms with van der Waals surface area (Å²) in [6, 6.07) is 9.95. The van der Waals surface area contributed by atoms with Crippen LogP contribution in [0.5, 0.6) is 5.88 Å². The van der Waals surface area contributed by atoms with Gasteiger partial charge in [-0.25, -0.2) is 14.5 Å². The second kappa shape index (κ2) is 13.1. The van der Waals surface area contributed by atoms with Crippen LogP contribution in [0.15, 0.2) is 48.9 Å². The van der Waals surface area contributed by atoms with E-state index in [0.29, 0.717) is 21.8 Å². The summed E-state index contributed by atoms with van der Waals surface area (Å²) < 4.78 is 6.75. The Morgan fingerprint density at radius 3 is 2.41 bits per heavy atom. The molecule has 4 rings (SSSR count). The summed E-state index contributed by atoms with van der Waals surface area (Å²) in [5.74, 6) is -0.949. The Morgan fingerprint density at radius 2 is 1.71 bits per heavy atom. The molecule has 3 heterocycles. The van der Waals surface area contributed by atoms with Gasteiger partial charge >= 0.3 is 0 Å². The van der Waals surface area contributed by atoms with Crippen molar-refractivity contribution in [1.82, 2.24) is 35.5 Å². The van der Waals surface area contributed by atoms with E-state index >= 15 is 0 Å². The summed E-state index contributed by atoms with van der Waals surface area (Å²) in [7, 11) is 1.40. The second-order valence-electron chi connectivity index (χ2n) is 8.98. The fraction of sp³-hybridized carbons (Fsp3) is 0.259. The first-order chi connectivity index (χ1) is 19.7. The summed E-state index contributed by atoms with van der Waals surface area (Å²) >= 11 is 5.90. The normalized spacial score (nSPS) is 11.6. The van der Waals surface area contributed by atoms with Crippen LogP contribution in [0.1, 0.15) is 45.7 Å². The van der Waals surface area contributed by atoms with Crippen LogP contribution in [0.25, 0.3) is 16.8 Å². The number of hydrogen-bond donors (Lipinski definition) is 5. The molecule has 0 saturated heterocycles. The minimum atomic E-state index is -0.793. The van der Waals surface area contributed by atoms with Gasteiger partial charge in [0.05, 0.1) is 24.5 Å². The van der Waals surface area contributed by atoms with E-state index < -0.39 is 17.9 Å². The number of aliphatic hydroxyl groups is 1. The molecule has 0 fully saturated rings. The van der Waals surface area contributed by atoms with Crippen LogP contribution in [-0.2, 0) is 4.79 Å². The molecular weight excluding hydrogens is 552 g/mol. The first-order valence-corrected chi connectivity index (χ1v) is 13.0. The SMILES string of the molecule is COc1ncc(-c2cc(C(=O)NCCNC(C)=O)c3c(N)ncnn23)cc1C(=O)NCCC(O)c1ccc(Cl)cc1. The number of carbonyl (C=O) groups excluding carboxylic acids is 3. The number of nitrogens with two attached hydrogens (primary N) is 1. The van der Waals surface area contributed by atoms with Crippen molar-refractivity contribution in [2.75, 3.05) is 32.5 Å². The fourth-order valence-electron chi connectivity index (χ4n) is 4.14. The van der Waals surface area contributed by atoms with Crippen LogP contribution in [0.4, 0.5) is 5.82 Å². The number of halogens is 1. The highest BCUT2D eigenvalue weighted by atomic mass is 35.5. The van der Waals surface area contributed by atoms with Gasteiger partial charge < -0.3 is 31.5 Å².